The van der Waals surface area contributed by atoms with Gasteiger partial charge in [0.2, 0.25) is 0 Å². The van der Waals surface area contributed by atoms with Crippen molar-refractivity contribution in [3.63, 3.8) is 0 Å². The Kier molecular flexibility index (Phi) is 4.03. The molecule has 0 aromatic heterocycles. The van der Waals surface area contributed by atoms with Crippen LogP contribution < -0.4 is 5.32 Å². The lowest BCUT2D eigenvalue weighted by Crippen LogP contribution is -2.40. The molecule has 0 amide bonds. The first kappa shape index (κ1) is 15.5. The summed E-state index contributed by atoms with van der Waals surface area (Å²) in [7, 11) is 1.30. The molecule has 1 aromatic rings. The number of hydrogen-bond acceptors (Lipinski definition) is 4. The van der Waals surface area contributed by atoms with Crippen LogP contribution in [-0.4, -0.2) is 18.9 Å². The van der Waals surface area contributed by atoms with Crippen LogP contribution in [0.5, 0.6) is 0 Å². The van der Waals surface area contributed by atoms with Gasteiger partial charge in [-0.15, -0.1) is 0 Å². The van der Waals surface area contributed by atoms with E-state index in [9.17, 15) is 14.0 Å². The smallest absolute Gasteiger partial charge is 0.315 e. The molecular weight excluding hydrogens is 297 g/mol. The number of carbonyl (C=O) groups excluding carboxylic acids is 2. The molecule has 1 aliphatic carbocycles. The Morgan fingerprint density at radius 2 is 2.17 bits per heavy atom. The quantitative estimate of drug-likeness (QED) is 0.853. The number of esters is 1. The number of halogens is 1. The van der Waals surface area contributed by atoms with E-state index in [1.807, 2.05) is 0 Å². The van der Waals surface area contributed by atoms with Gasteiger partial charge < -0.3 is 10.1 Å². The van der Waals surface area contributed by atoms with E-state index in [1.165, 1.54) is 19.2 Å². The van der Waals surface area contributed by atoms with E-state index in [1.54, 1.807) is 12.1 Å². The molecule has 0 radical (unpaired) electrons. The monoisotopic (exact) mass is 315 g/mol. The van der Waals surface area contributed by atoms with Crippen LogP contribution in [0.3, 0.4) is 0 Å². The average molecular weight is 315 g/mol. The fraction of sp³-hybridized carbons (Fsp3) is 0.333. The second-order valence-corrected chi connectivity index (χ2v) is 5.85. The molecule has 0 saturated heterocycles. The van der Waals surface area contributed by atoms with Crippen LogP contribution in [-0.2, 0) is 14.3 Å². The first-order chi connectivity index (χ1) is 11.0. The molecule has 1 aromatic carbocycles. The predicted molar refractivity (Wildman–Crippen MR) is 82.8 cm³/mol. The summed E-state index contributed by atoms with van der Waals surface area (Å²) in [6, 6.07) is 6.02. The van der Waals surface area contributed by atoms with Crippen molar-refractivity contribution in [3.8, 4) is 0 Å². The predicted octanol–water partition coefficient (Wildman–Crippen LogP) is 2.82. The van der Waals surface area contributed by atoms with Crippen LogP contribution in [0, 0.1) is 11.7 Å². The molecule has 0 saturated carbocycles. The fourth-order valence-corrected chi connectivity index (χ4v) is 3.46. The molecule has 1 N–H and O–H groups in total. The van der Waals surface area contributed by atoms with E-state index in [4.69, 9.17) is 4.74 Å². The summed E-state index contributed by atoms with van der Waals surface area (Å²) in [5.41, 5.74) is 2.43. The van der Waals surface area contributed by atoms with Crippen molar-refractivity contribution >= 4 is 11.8 Å². The van der Waals surface area contributed by atoms with Crippen LogP contribution in [0.4, 0.5) is 4.39 Å². The van der Waals surface area contributed by atoms with Gasteiger partial charge in [-0.25, -0.2) is 4.39 Å². The zero-order valence-electron chi connectivity index (χ0n) is 12.9. The molecule has 0 bridgehead atoms. The van der Waals surface area contributed by atoms with Crippen molar-refractivity contribution in [2.45, 2.75) is 25.2 Å². The van der Waals surface area contributed by atoms with Gasteiger partial charge in [-0.2, -0.15) is 0 Å². The van der Waals surface area contributed by atoms with Gasteiger partial charge in [-0.1, -0.05) is 18.7 Å². The maximum Gasteiger partial charge on any atom is 0.315 e. The van der Waals surface area contributed by atoms with Gasteiger partial charge in [0.15, 0.2) is 5.78 Å². The molecule has 120 valence electrons. The minimum absolute atomic E-state index is 0.00517. The number of benzene rings is 1. The number of carbonyl (C=O) groups is 2. The Bertz CT molecular complexity index is 723. The Morgan fingerprint density at radius 3 is 2.87 bits per heavy atom. The maximum atomic E-state index is 13.7. The molecule has 0 spiro atoms. The second kappa shape index (κ2) is 5.99. The van der Waals surface area contributed by atoms with Crippen LogP contribution in [0.1, 0.15) is 30.7 Å². The highest BCUT2D eigenvalue weighted by Gasteiger charge is 2.43. The molecule has 4 nitrogen and oxygen atoms in total. The molecule has 0 fully saturated rings. The number of Topliss-reactive ketones (excluding diaryl/α,β-unsaturated/α-hetero) is 1. The maximum absolute atomic E-state index is 13.7. The lowest BCUT2D eigenvalue weighted by atomic mass is 9.71. The average Bonchev–Trinajstić information content (AvgIpc) is 2.53. The molecule has 2 unspecified atom stereocenters. The minimum atomic E-state index is -0.748. The normalized spacial score (nSPS) is 24.1. The van der Waals surface area contributed by atoms with E-state index >= 15 is 0 Å². The SMILES string of the molecule is C=C1NC2=C(C(=O)CCC2)C(c2cccc(F)c2)C1C(=O)OC. The Balaban J connectivity index is 2.18. The van der Waals surface area contributed by atoms with E-state index in [0.717, 1.165) is 18.5 Å². The summed E-state index contributed by atoms with van der Waals surface area (Å²) in [6.45, 7) is 3.93. The van der Waals surface area contributed by atoms with E-state index in [0.29, 0.717) is 23.3 Å². The summed E-state index contributed by atoms with van der Waals surface area (Å²) in [5, 5.41) is 3.10. The highest BCUT2D eigenvalue weighted by Crippen LogP contribution is 2.44. The molecule has 5 heteroatoms. The van der Waals surface area contributed by atoms with Crippen molar-refractivity contribution in [2.75, 3.05) is 7.11 Å². The van der Waals surface area contributed by atoms with Crippen LogP contribution in [0.15, 0.2) is 47.8 Å². The van der Waals surface area contributed by atoms with Crippen molar-refractivity contribution in [3.05, 3.63) is 59.2 Å². The summed E-state index contributed by atoms with van der Waals surface area (Å²) in [4.78, 5) is 24.8. The molecule has 2 atom stereocenters. The summed E-state index contributed by atoms with van der Waals surface area (Å²) < 4.78 is 18.6. The minimum Gasteiger partial charge on any atom is -0.468 e. The zero-order chi connectivity index (χ0) is 16.6. The number of ketones is 1. The van der Waals surface area contributed by atoms with Crippen molar-refractivity contribution in [1.29, 1.82) is 0 Å². The highest BCUT2D eigenvalue weighted by molar-refractivity contribution is 6.00. The standard InChI is InChI=1S/C18H18FNO3/c1-10-15(18(22)23-2)16(11-5-3-6-12(19)9-11)17-13(20-10)7-4-8-14(17)21/h3,5-6,9,15-16,20H,1,4,7-8H2,2H3. The van der Waals surface area contributed by atoms with Gasteiger partial charge in [0, 0.05) is 29.3 Å². The van der Waals surface area contributed by atoms with E-state index in [-0.39, 0.29) is 5.78 Å². The largest absolute Gasteiger partial charge is 0.468 e. The van der Waals surface area contributed by atoms with Gasteiger partial charge >= 0.3 is 5.97 Å². The summed E-state index contributed by atoms with van der Waals surface area (Å²) >= 11 is 0. The van der Waals surface area contributed by atoms with Gasteiger partial charge in [0.1, 0.15) is 11.7 Å². The first-order valence-corrected chi connectivity index (χ1v) is 7.58. The third-order valence-electron chi connectivity index (χ3n) is 4.45. The summed E-state index contributed by atoms with van der Waals surface area (Å²) in [5.74, 6) is -2.20. The van der Waals surface area contributed by atoms with Crippen molar-refractivity contribution in [1.82, 2.24) is 5.32 Å². The number of rotatable bonds is 2. The topological polar surface area (TPSA) is 55.4 Å². The third-order valence-corrected chi connectivity index (χ3v) is 4.45. The lowest BCUT2D eigenvalue weighted by Gasteiger charge is -2.38. The number of nitrogens with one attached hydrogen (secondary N) is 1. The Hall–Kier alpha value is -2.43. The van der Waals surface area contributed by atoms with E-state index < -0.39 is 23.6 Å². The Morgan fingerprint density at radius 1 is 1.39 bits per heavy atom. The molecule has 1 aliphatic heterocycles. The summed E-state index contributed by atoms with van der Waals surface area (Å²) in [6.07, 6.45) is 1.92. The number of hydrogen-bond donors (Lipinski definition) is 1. The molecule has 2 aliphatic rings. The molecule has 3 rings (SSSR count). The Labute approximate surface area is 134 Å². The van der Waals surface area contributed by atoms with Crippen molar-refractivity contribution < 1.29 is 18.7 Å². The number of methoxy groups -OCH3 is 1. The third kappa shape index (κ3) is 2.67. The van der Waals surface area contributed by atoms with Crippen LogP contribution in [0.25, 0.3) is 0 Å². The zero-order valence-corrected chi connectivity index (χ0v) is 12.9. The molecular formula is C18H18FNO3. The van der Waals surface area contributed by atoms with E-state index in [2.05, 4.69) is 11.9 Å². The van der Waals surface area contributed by atoms with Gasteiger partial charge in [0.25, 0.3) is 0 Å². The van der Waals surface area contributed by atoms with Crippen LogP contribution in [0.2, 0.25) is 0 Å². The number of allylic oxidation sites excluding steroid dienone is 2. The molecule has 1 heterocycles. The highest BCUT2D eigenvalue weighted by atomic mass is 19.1. The fourth-order valence-electron chi connectivity index (χ4n) is 3.46. The van der Waals surface area contributed by atoms with Gasteiger partial charge in [0.05, 0.1) is 7.11 Å². The lowest BCUT2D eigenvalue weighted by molar-refractivity contribution is -0.144. The first-order valence-electron chi connectivity index (χ1n) is 7.58. The van der Waals surface area contributed by atoms with Crippen LogP contribution >= 0.6 is 0 Å². The molecule has 23 heavy (non-hydrogen) atoms. The van der Waals surface area contributed by atoms with Gasteiger partial charge in [-0.3, -0.25) is 9.59 Å². The van der Waals surface area contributed by atoms with Gasteiger partial charge in [-0.05, 0) is 30.5 Å². The van der Waals surface area contributed by atoms with Crippen molar-refractivity contribution in [2.24, 2.45) is 5.92 Å². The number of ether oxygens (including phenoxy) is 1. The second-order valence-electron chi connectivity index (χ2n) is 5.85.